The number of benzene rings is 1. The fourth-order valence-corrected chi connectivity index (χ4v) is 5.25. The number of nitrogens with zero attached hydrogens (tertiary/aromatic N) is 4. The fraction of sp³-hybridized carbons (Fsp3) is 0.414. The van der Waals surface area contributed by atoms with Crippen molar-refractivity contribution in [3.8, 4) is 5.75 Å². The number of rotatable bonds is 4. The van der Waals surface area contributed by atoms with Gasteiger partial charge in [0.1, 0.15) is 11.5 Å². The van der Waals surface area contributed by atoms with Gasteiger partial charge in [0.2, 0.25) is 17.7 Å². The number of likely N-dealkylation sites (tertiary alicyclic amines) is 1. The van der Waals surface area contributed by atoms with Crippen molar-refractivity contribution in [2.45, 2.75) is 32.1 Å². The monoisotopic (exact) mass is 531 g/mol. The van der Waals surface area contributed by atoms with Crippen LogP contribution < -0.4 is 10.1 Å². The molecule has 2 atom stereocenters. The van der Waals surface area contributed by atoms with E-state index in [1.54, 1.807) is 28.3 Å². The maximum Gasteiger partial charge on any atom is 0.230 e. The maximum absolute atomic E-state index is 13.4. The molecule has 2 aliphatic rings. The minimum atomic E-state index is -0.414. The molecule has 2 aliphatic heterocycles. The zero-order valence-electron chi connectivity index (χ0n) is 22.0. The molecule has 4 heterocycles. The number of carbonyl (C=O) groups excluding carboxylic acids is 3. The minimum Gasteiger partial charge on any atom is -0.494 e. The standard InChI is InChI=1S/C29H33N5O5/c1-20-13-24(39-32-20)16-28(36)33-10-4-12-38-23-7-2-6-22(15-23)25-18-34(19-26(25)29(37)31-9-11-33)27(35)14-21-5-3-8-30-17-21/h2-3,5-8,13,15,17,25-26H,4,9-12,14,16,18-19H2,1H3,(H,31,37)/t25-,26+/m1/s1. The van der Waals surface area contributed by atoms with Crippen LogP contribution in [0.4, 0.5) is 0 Å². The predicted molar refractivity (Wildman–Crippen MR) is 142 cm³/mol. The number of ether oxygens (including phenoxy) is 1. The molecule has 10 heteroatoms. The largest absolute Gasteiger partial charge is 0.494 e. The number of carbonyl (C=O) groups is 3. The number of pyridine rings is 1. The van der Waals surface area contributed by atoms with E-state index in [0.29, 0.717) is 57.3 Å². The van der Waals surface area contributed by atoms with Crippen LogP contribution in [0.25, 0.3) is 0 Å². The van der Waals surface area contributed by atoms with Gasteiger partial charge < -0.3 is 24.4 Å². The van der Waals surface area contributed by atoms with Gasteiger partial charge in [0.15, 0.2) is 0 Å². The third kappa shape index (κ3) is 6.63. The molecule has 39 heavy (non-hydrogen) atoms. The second-order valence-corrected chi connectivity index (χ2v) is 10.1. The van der Waals surface area contributed by atoms with Crippen LogP contribution in [0.2, 0.25) is 0 Å². The van der Waals surface area contributed by atoms with E-state index in [1.165, 1.54) is 0 Å². The molecule has 0 spiro atoms. The van der Waals surface area contributed by atoms with E-state index < -0.39 is 5.92 Å². The highest BCUT2D eigenvalue weighted by Crippen LogP contribution is 2.35. The van der Waals surface area contributed by atoms with Gasteiger partial charge in [-0.2, -0.15) is 0 Å². The molecule has 1 fully saturated rings. The normalized spacial score (nSPS) is 20.0. The number of hydrogen-bond acceptors (Lipinski definition) is 7. The van der Waals surface area contributed by atoms with E-state index in [1.807, 2.05) is 43.3 Å². The second-order valence-electron chi connectivity index (χ2n) is 10.1. The topological polar surface area (TPSA) is 118 Å². The first-order chi connectivity index (χ1) is 19.0. The van der Waals surface area contributed by atoms with Gasteiger partial charge in [-0.1, -0.05) is 23.4 Å². The van der Waals surface area contributed by atoms with Crippen molar-refractivity contribution in [2.24, 2.45) is 5.92 Å². The van der Waals surface area contributed by atoms with E-state index >= 15 is 0 Å². The molecule has 3 amide bonds. The number of hydrogen-bond donors (Lipinski definition) is 1. The Labute approximate surface area is 227 Å². The Balaban J connectivity index is 1.31. The summed E-state index contributed by atoms with van der Waals surface area (Å²) in [6.07, 6.45) is 4.35. The summed E-state index contributed by atoms with van der Waals surface area (Å²) >= 11 is 0. The van der Waals surface area contributed by atoms with Gasteiger partial charge in [-0.3, -0.25) is 19.4 Å². The summed E-state index contributed by atoms with van der Waals surface area (Å²) in [5.41, 5.74) is 2.53. The molecule has 10 nitrogen and oxygen atoms in total. The van der Waals surface area contributed by atoms with Crippen molar-refractivity contribution in [2.75, 3.05) is 39.3 Å². The van der Waals surface area contributed by atoms with Gasteiger partial charge in [-0.05, 0) is 42.7 Å². The fourth-order valence-electron chi connectivity index (χ4n) is 5.25. The van der Waals surface area contributed by atoms with Crippen LogP contribution >= 0.6 is 0 Å². The van der Waals surface area contributed by atoms with E-state index in [2.05, 4.69) is 15.5 Å². The zero-order valence-corrected chi connectivity index (χ0v) is 22.0. The first-order valence-corrected chi connectivity index (χ1v) is 13.3. The van der Waals surface area contributed by atoms with E-state index in [4.69, 9.17) is 9.26 Å². The summed E-state index contributed by atoms with van der Waals surface area (Å²) < 4.78 is 11.2. The van der Waals surface area contributed by atoms with E-state index in [-0.39, 0.29) is 36.5 Å². The number of amides is 3. The van der Waals surface area contributed by atoms with Gasteiger partial charge in [0.05, 0.1) is 31.1 Å². The van der Waals surface area contributed by atoms with Crippen molar-refractivity contribution in [1.29, 1.82) is 0 Å². The van der Waals surface area contributed by atoms with Crippen LogP contribution in [-0.2, 0) is 27.2 Å². The quantitative estimate of drug-likeness (QED) is 0.548. The van der Waals surface area contributed by atoms with Crippen molar-refractivity contribution < 1.29 is 23.6 Å². The minimum absolute atomic E-state index is 0.0342. The average Bonchev–Trinajstić information content (AvgIpc) is 3.57. The Morgan fingerprint density at radius 3 is 2.67 bits per heavy atom. The average molecular weight is 532 g/mol. The van der Waals surface area contributed by atoms with Crippen LogP contribution in [-0.4, -0.2) is 77.0 Å². The predicted octanol–water partition coefficient (Wildman–Crippen LogP) is 2.13. The van der Waals surface area contributed by atoms with Gasteiger partial charge in [0, 0.05) is 57.1 Å². The Bertz CT molecular complexity index is 1310. The van der Waals surface area contributed by atoms with Crippen LogP contribution in [0.1, 0.15) is 34.9 Å². The van der Waals surface area contributed by atoms with Crippen molar-refractivity contribution >= 4 is 17.7 Å². The van der Waals surface area contributed by atoms with E-state index in [0.717, 1.165) is 16.8 Å². The van der Waals surface area contributed by atoms with Crippen molar-refractivity contribution in [3.63, 3.8) is 0 Å². The highest BCUT2D eigenvalue weighted by atomic mass is 16.5. The van der Waals surface area contributed by atoms with Crippen LogP contribution in [0.15, 0.2) is 59.4 Å². The molecule has 2 bridgehead atoms. The molecule has 1 aromatic carbocycles. The first kappa shape index (κ1) is 26.4. The molecule has 0 aliphatic carbocycles. The lowest BCUT2D eigenvalue weighted by Gasteiger charge is -2.24. The summed E-state index contributed by atoms with van der Waals surface area (Å²) in [6, 6.07) is 13.2. The molecular weight excluding hydrogens is 498 g/mol. The lowest BCUT2D eigenvalue weighted by atomic mass is 9.88. The molecule has 2 aromatic heterocycles. The number of aryl methyl sites for hydroxylation is 1. The number of nitrogens with one attached hydrogen (secondary N) is 1. The second kappa shape index (κ2) is 12.1. The molecular formula is C29H33N5O5. The highest BCUT2D eigenvalue weighted by Gasteiger charge is 2.40. The van der Waals surface area contributed by atoms with Crippen molar-refractivity contribution in [3.05, 3.63) is 77.4 Å². The summed E-state index contributed by atoms with van der Waals surface area (Å²) in [6.45, 7) is 4.20. The maximum atomic E-state index is 13.4. The summed E-state index contributed by atoms with van der Waals surface area (Å²) in [5.74, 6) is 0.383. The molecule has 1 N–H and O–H groups in total. The lowest BCUT2D eigenvalue weighted by molar-refractivity contribution is -0.132. The Morgan fingerprint density at radius 2 is 1.87 bits per heavy atom. The Kier molecular flexibility index (Phi) is 8.19. The molecule has 1 saturated heterocycles. The molecule has 204 valence electrons. The number of aromatic nitrogens is 2. The molecule has 3 aromatic rings. The number of fused-ring (bicyclic) bond motifs is 4. The smallest absolute Gasteiger partial charge is 0.230 e. The summed E-state index contributed by atoms with van der Waals surface area (Å²) in [5, 5.41) is 6.89. The van der Waals surface area contributed by atoms with Gasteiger partial charge >= 0.3 is 0 Å². The van der Waals surface area contributed by atoms with E-state index in [9.17, 15) is 14.4 Å². The van der Waals surface area contributed by atoms with Gasteiger partial charge in [-0.25, -0.2) is 0 Å². The SMILES string of the molecule is Cc1cc(CC(=O)N2CCCOc3cccc(c3)[C@H]3CN(C(=O)Cc4cccnc4)C[C@@H]3C(=O)NCC2)on1. The third-order valence-corrected chi connectivity index (χ3v) is 7.25. The van der Waals surface area contributed by atoms with Gasteiger partial charge in [0.25, 0.3) is 0 Å². The van der Waals surface area contributed by atoms with Crippen molar-refractivity contribution in [1.82, 2.24) is 25.3 Å². The Morgan fingerprint density at radius 1 is 1.03 bits per heavy atom. The van der Waals surface area contributed by atoms with Gasteiger partial charge in [-0.15, -0.1) is 0 Å². The Hall–Kier alpha value is -4.21. The molecule has 0 saturated carbocycles. The molecule has 0 radical (unpaired) electrons. The van der Waals surface area contributed by atoms with Crippen LogP contribution in [0.5, 0.6) is 5.75 Å². The lowest BCUT2D eigenvalue weighted by Crippen LogP contribution is -2.42. The van der Waals surface area contributed by atoms with Crippen LogP contribution in [0, 0.1) is 12.8 Å². The first-order valence-electron chi connectivity index (χ1n) is 13.3. The zero-order chi connectivity index (χ0) is 27.2. The molecule has 0 unspecified atom stereocenters. The highest BCUT2D eigenvalue weighted by molar-refractivity contribution is 5.84. The summed E-state index contributed by atoms with van der Waals surface area (Å²) in [7, 11) is 0. The summed E-state index contributed by atoms with van der Waals surface area (Å²) in [4.78, 5) is 47.2. The third-order valence-electron chi connectivity index (χ3n) is 7.25. The molecule has 5 rings (SSSR count). The van der Waals surface area contributed by atoms with Crippen LogP contribution in [0.3, 0.4) is 0 Å².